The smallest absolute Gasteiger partial charge is 0.417 e. The molecule has 0 aromatic carbocycles. The number of hydrogen-bond acceptors (Lipinski definition) is 8. The van der Waals surface area contributed by atoms with Crippen LogP contribution in [0.5, 0.6) is 0 Å². The van der Waals surface area contributed by atoms with E-state index in [1.165, 1.54) is 0 Å². The maximum Gasteiger partial charge on any atom is 0.417 e. The van der Waals surface area contributed by atoms with Crippen molar-refractivity contribution in [2.75, 3.05) is 0 Å². The highest BCUT2D eigenvalue weighted by molar-refractivity contribution is 5.72. The second-order valence-electron chi connectivity index (χ2n) is 7.30. The molecule has 2 aliphatic rings. The van der Waals surface area contributed by atoms with Gasteiger partial charge in [-0.25, -0.2) is 0 Å². The fourth-order valence-electron chi connectivity index (χ4n) is 3.59. The monoisotopic (exact) mass is 552 g/mol. The van der Waals surface area contributed by atoms with E-state index < -0.39 is 92.5 Å². The fourth-order valence-corrected chi connectivity index (χ4v) is 3.59. The summed E-state index contributed by atoms with van der Waals surface area (Å²) in [4.78, 5) is 0. The molecule has 12 N–H and O–H groups in total. The van der Waals surface area contributed by atoms with Crippen molar-refractivity contribution in [2.45, 2.75) is 36.2 Å². The zero-order valence-electron chi connectivity index (χ0n) is 16.6. The molecule has 2 aliphatic carbocycles. The number of hydrogen-bond donors (Lipinski definition) is 8. The van der Waals surface area contributed by atoms with E-state index in [4.69, 9.17) is 22.9 Å². The number of nitrogens with two attached hydrogens (primary N) is 4. The van der Waals surface area contributed by atoms with Crippen LogP contribution in [-0.2, 0) is 0 Å². The van der Waals surface area contributed by atoms with Gasteiger partial charge in [-0.1, -0.05) is 0 Å². The SMILES string of the molecule is NC1=C(O)C(N)(O)C(C(F)(F)F)=C(C(F)(F)F)C1=C1C(N)=C(O)C(N)(O)C(C(F)(F)F)=C1C(F)(F)F. The van der Waals surface area contributed by atoms with E-state index in [2.05, 4.69) is 0 Å². The molecule has 0 fully saturated rings. The third kappa shape index (κ3) is 4.22. The van der Waals surface area contributed by atoms with Gasteiger partial charge in [0.25, 0.3) is 0 Å². The van der Waals surface area contributed by atoms with Gasteiger partial charge in [0, 0.05) is 11.1 Å². The fraction of sp³-hybridized carbons (Fsp3) is 0.375. The van der Waals surface area contributed by atoms with Gasteiger partial charge in [-0.3, -0.25) is 11.5 Å². The van der Waals surface area contributed by atoms with Gasteiger partial charge in [0.15, 0.2) is 11.5 Å². The second kappa shape index (κ2) is 7.70. The van der Waals surface area contributed by atoms with E-state index >= 15 is 0 Å². The van der Waals surface area contributed by atoms with Crippen LogP contribution in [0.15, 0.2) is 56.4 Å². The average Bonchev–Trinajstić information content (AvgIpc) is 2.60. The van der Waals surface area contributed by atoms with Crippen LogP contribution in [0.25, 0.3) is 0 Å². The molecule has 2 atom stereocenters. The predicted molar refractivity (Wildman–Crippen MR) is 91.3 cm³/mol. The molecular weight excluding hydrogens is 540 g/mol. The van der Waals surface area contributed by atoms with Gasteiger partial charge in [0.1, 0.15) is 0 Å². The molecule has 0 amide bonds. The van der Waals surface area contributed by atoms with Gasteiger partial charge >= 0.3 is 24.7 Å². The predicted octanol–water partition coefficient (Wildman–Crippen LogP) is 1.90. The number of rotatable bonds is 0. The highest BCUT2D eigenvalue weighted by Crippen LogP contribution is 2.55. The van der Waals surface area contributed by atoms with Crippen LogP contribution in [-0.4, -0.2) is 56.6 Å². The molecule has 8 nitrogen and oxygen atoms in total. The van der Waals surface area contributed by atoms with Gasteiger partial charge in [0.05, 0.1) is 33.7 Å². The van der Waals surface area contributed by atoms with Gasteiger partial charge in [-0.15, -0.1) is 0 Å². The van der Waals surface area contributed by atoms with Crippen LogP contribution >= 0.6 is 0 Å². The van der Waals surface area contributed by atoms with Crippen LogP contribution in [0.1, 0.15) is 0 Å². The largest absolute Gasteiger partial charge is 0.506 e. The number of allylic oxidation sites excluding steroid dienone is 2. The Kier molecular flexibility index (Phi) is 6.23. The summed E-state index contributed by atoms with van der Waals surface area (Å²) in [6, 6.07) is 0. The Morgan fingerprint density at radius 1 is 0.500 bits per heavy atom. The Bertz CT molecular complexity index is 1070. The highest BCUT2D eigenvalue weighted by Gasteiger charge is 2.63. The maximum absolute atomic E-state index is 13.9. The van der Waals surface area contributed by atoms with Gasteiger partial charge in [0.2, 0.25) is 11.4 Å². The molecule has 0 radical (unpaired) electrons. The summed E-state index contributed by atoms with van der Waals surface area (Å²) in [5, 5.41) is 39.2. The van der Waals surface area contributed by atoms with Crippen LogP contribution in [0.4, 0.5) is 52.7 Å². The normalized spacial score (nSPS) is 29.6. The summed E-state index contributed by atoms with van der Waals surface area (Å²) in [6.07, 6.45) is -25.9. The number of alkyl halides is 12. The van der Waals surface area contributed by atoms with Crippen molar-refractivity contribution in [3.05, 3.63) is 56.4 Å². The van der Waals surface area contributed by atoms with E-state index in [0.717, 1.165) is 0 Å². The molecule has 0 saturated heterocycles. The number of aliphatic hydroxyl groups is 4. The van der Waals surface area contributed by atoms with Crippen LogP contribution in [0, 0.1) is 0 Å². The number of aliphatic hydroxyl groups excluding tert-OH is 2. The molecule has 204 valence electrons. The quantitative estimate of drug-likeness (QED) is 0.165. The Balaban J connectivity index is 3.49. The molecule has 0 aromatic rings. The van der Waals surface area contributed by atoms with E-state index in [1.54, 1.807) is 0 Å². The first kappa shape index (κ1) is 29.1. The van der Waals surface area contributed by atoms with Crippen molar-refractivity contribution in [3.8, 4) is 0 Å². The first-order chi connectivity index (χ1) is 15.6. The summed E-state index contributed by atoms with van der Waals surface area (Å²) >= 11 is 0. The minimum Gasteiger partial charge on any atom is -0.506 e. The summed E-state index contributed by atoms with van der Waals surface area (Å²) < 4.78 is 165. The summed E-state index contributed by atoms with van der Waals surface area (Å²) in [7, 11) is 0. The zero-order chi connectivity index (χ0) is 28.8. The molecule has 0 spiro atoms. The van der Waals surface area contributed by atoms with Crippen molar-refractivity contribution in [2.24, 2.45) is 22.9 Å². The summed E-state index contributed by atoms with van der Waals surface area (Å²) in [5.41, 5.74) is -13.0. The molecule has 0 heterocycles. The van der Waals surface area contributed by atoms with Crippen LogP contribution < -0.4 is 22.9 Å². The highest BCUT2D eigenvalue weighted by atomic mass is 19.4. The van der Waals surface area contributed by atoms with Crippen LogP contribution in [0.2, 0.25) is 0 Å². The Hall–Kier alpha value is -3.10. The molecule has 2 unspecified atom stereocenters. The molecule has 20 heteroatoms. The lowest BCUT2D eigenvalue weighted by Gasteiger charge is -2.40. The molecular formula is C16H12F12N4O4. The maximum atomic E-state index is 13.9. The molecule has 0 saturated carbocycles. The lowest BCUT2D eigenvalue weighted by Crippen LogP contribution is -2.55. The second-order valence-corrected chi connectivity index (χ2v) is 7.30. The summed E-state index contributed by atoms with van der Waals surface area (Å²) in [5.74, 6) is -4.94. The van der Waals surface area contributed by atoms with Gasteiger partial charge in [-0.05, 0) is 0 Å². The first-order valence-electron chi connectivity index (χ1n) is 8.57. The van der Waals surface area contributed by atoms with E-state index in [-0.39, 0.29) is 0 Å². The lowest BCUT2D eigenvalue weighted by molar-refractivity contribution is -0.138. The van der Waals surface area contributed by atoms with E-state index in [9.17, 15) is 73.1 Å². The minimum absolute atomic E-state index is 2.24. The van der Waals surface area contributed by atoms with E-state index in [1.807, 2.05) is 0 Å². The van der Waals surface area contributed by atoms with Crippen molar-refractivity contribution in [3.63, 3.8) is 0 Å². The molecule has 0 aromatic heterocycles. The Labute approximate surface area is 189 Å². The number of halogens is 12. The van der Waals surface area contributed by atoms with Gasteiger partial charge < -0.3 is 31.9 Å². The van der Waals surface area contributed by atoms with E-state index in [0.29, 0.717) is 0 Å². The third-order valence-electron chi connectivity index (χ3n) is 4.92. The summed E-state index contributed by atoms with van der Waals surface area (Å²) in [6.45, 7) is 0. The standard InChI is InChI=1S/C16H12F12N4O4/c17-13(18,19)3-1(5(29)9(33)11(31,35)7(3)15(23,24)25)2-4(14(20,21)22)8(16(26,27)28)12(32,36)10(34)6(2)30/h33-36H,29-32H2. The molecule has 36 heavy (non-hydrogen) atoms. The lowest BCUT2D eigenvalue weighted by atomic mass is 9.74. The van der Waals surface area contributed by atoms with Crippen LogP contribution in [0.3, 0.4) is 0 Å². The third-order valence-corrected chi connectivity index (χ3v) is 4.92. The zero-order valence-corrected chi connectivity index (χ0v) is 16.6. The molecule has 0 bridgehead atoms. The van der Waals surface area contributed by atoms with Crippen molar-refractivity contribution in [1.29, 1.82) is 0 Å². The topological polar surface area (TPSA) is 185 Å². The molecule has 2 rings (SSSR count). The van der Waals surface area contributed by atoms with Crippen molar-refractivity contribution in [1.82, 2.24) is 0 Å². The Morgan fingerprint density at radius 2 is 0.722 bits per heavy atom. The van der Waals surface area contributed by atoms with Crippen molar-refractivity contribution < 1.29 is 73.1 Å². The van der Waals surface area contributed by atoms with Crippen molar-refractivity contribution >= 4 is 0 Å². The average molecular weight is 552 g/mol. The molecule has 0 aliphatic heterocycles. The minimum atomic E-state index is -6.51. The first-order valence-corrected chi connectivity index (χ1v) is 8.57. The van der Waals surface area contributed by atoms with Gasteiger partial charge in [-0.2, -0.15) is 52.7 Å². The Morgan fingerprint density at radius 3 is 0.889 bits per heavy atom.